The molecule has 72 valence electrons. The van der Waals surface area contributed by atoms with E-state index in [0.29, 0.717) is 6.61 Å². The second kappa shape index (κ2) is 6.72. The molecule has 14 heavy (non-hydrogen) atoms. The van der Waals surface area contributed by atoms with Crippen LogP contribution in [0.25, 0.3) is 0 Å². The van der Waals surface area contributed by atoms with E-state index in [2.05, 4.69) is 6.58 Å². The van der Waals surface area contributed by atoms with Crippen molar-refractivity contribution in [3.8, 4) is 0 Å². The van der Waals surface area contributed by atoms with Crippen LogP contribution in [0.4, 0.5) is 0 Å². The van der Waals surface area contributed by atoms with Crippen LogP contribution in [0.2, 0.25) is 0 Å². The Morgan fingerprint density at radius 2 is 1.86 bits per heavy atom. The Morgan fingerprint density at radius 3 is 2.57 bits per heavy atom. The van der Waals surface area contributed by atoms with Crippen LogP contribution in [0.1, 0.15) is 5.56 Å². The van der Waals surface area contributed by atoms with E-state index >= 15 is 0 Å². The molecular formula is C13H14O. The molecule has 0 N–H and O–H groups in total. The van der Waals surface area contributed by atoms with Gasteiger partial charge in [0.25, 0.3) is 0 Å². The summed E-state index contributed by atoms with van der Waals surface area (Å²) in [5, 5.41) is 0. The van der Waals surface area contributed by atoms with Gasteiger partial charge in [0.15, 0.2) is 0 Å². The molecule has 0 heterocycles. The highest BCUT2D eigenvalue weighted by molar-refractivity contribution is 5.13. The molecule has 0 saturated heterocycles. The summed E-state index contributed by atoms with van der Waals surface area (Å²) >= 11 is 0. The van der Waals surface area contributed by atoms with Crippen LogP contribution in [0.3, 0.4) is 0 Å². The summed E-state index contributed by atoms with van der Waals surface area (Å²) in [7, 11) is 0. The SMILES string of the molecule is C=C/C=C/C=C/OCc1ccccc1. The van der Waals surface area contributed by atoms with E-state index in [1.165, 1.54) is 5.56 Å². The van der Waals surface area contributed by atoms with Gasteiger partial charge >= 0.3 is 0 Å². The molecule has 0 bridgehead atoms. The molecular weight excluding hydrogens is 172 g/mol. The highest BCUT2D eigenvalue weighted by atomic mass is 16.5. The number of hydrogen-bond donors (Lipinski definition) is 0. The lowest BCUT2D eigenvalue weighted by molar-refractivity contribution is 0.236. The van der Waals surface area contributed by atoms with Crippen molar-refractivity contribution in [2.75, 3.05) is 0 Å². The predicted octanol–water partition coefficient (Wildman–Crippen LogP) is 3.46. The van der Waals surface area contributed by atoms with Crippen molar-refractivity contribution in [2.24, 2.45) is 0 Å². The van der Waals surface area contributed by atoms with Gasteiger partial charge in [-0.25, -0.2) is 0 Å². The molecule has 0 spiro atoms. The highest BCUT2D eigenvalue weighted by Gasteiger charge is 1.86. The molecule has 0 fully saturated rings. The third kappa shape index (κ3) is 4.31. The number of hydrogen-bond acceptors (Lipinski definition) is 1. The maximum absolute atomic E-state index is 5.30. The minimum Gasteiger partial charge on any atom is -0.497 e. The van der Waals surface area contributed by atoms with Crippen molar-refractivity contribution in [1.29, 1.82) is 0 Å². The Bertz CT molecular complexity index is 309. The van der Waals surface area contributed by atoms with Gasteiger partial charge in [-0.15, -0.1) is 0 Å². The molecule has 0 aliphatic carbocycles. The summed E-state index contributed by atoms with van der Waals surface area (Å²) in [6.45, 7) is 4.17. The van der Waals surface area contributed by atoms with Gasteiger partial charge in [0, 0.05) is 0 Å². The molecule has 1 heteroatoms. The largest absolute Gasteiger partial charge is 0.497 e. The fourth-order valence-electron chi connectivity index (χ4n) is 0.962. The van der Waals surface area contributed by atoms with Crippen molar-refractivity contribution in [2.45, 2.75) is 6.61 Å². The van der Waals surface area contributed by atoms with Gasteiger partial charge in [-0.1, -0.05) is 55.1 Å². The molecule has 1 aromatic carbocycles. The van der Waals surface area contributed by atoms with Crippen molar-refractivity contribution in [3.05, 3.63) is 73.0 Å². The molecule has 0 radical (unpaired) electrons. The maximum atomic E-state index is 5.30. The minimum absolute atomic E-state index is 0.610. The first-order valence-electron chi connectivity index (χ1n) is 4.53. The second-order valence-corrected chi connectivity index (χ2v) is 2.75. The summed E-state index contributed by atoms with van der Waals surface area (Å²) in [5.74, 6) is 0. The molecule has 0 unspecified atom stereocenters. The zero-order chi connectivity index (χ0) is 10.1. The summed E-state index contributed by atoms with van der Waals surface area (Å²) < 4.78 is 5.30. The monoisotopic (exact) mass is 186 g/mol. The molecule has 0 atom stereocenters. The Kier molecular flexibility index (Phi) is 4.96. The number of allylic oxidation sites excluding steroid dienone is 4. The average Bonchev–Trinajstić information content (AvgIpc) is 2.25. The molecule has 1 aromatic rings. The van der Waals surface area contributed by atoms with E-state index in [1.54, 1.807) is 12.3 Å². The minimum atomic E-state index is 0.610. The summed E-state index contributed by atoms with van der Waals surface area (Å²) in [4.78, 5) is 0. The van der Waals surface area contributed by atoms with E-state index in [9.17, 15) is 0 Å². The number of ether oxygens (including phenoxy) is 1. The lowest BCUT2D eigenvalue weighted by atomic mass is 10.2. The van der Waals surface area contributed by atoms with Crippen molar-refractivity contribution in [3.63, 3.8) is 0 Å². The third-order valence-electron chi connectivity index (χ3n) is 1.63. The zero-order valence-corrected chi connectivity index (χ0v) is 8.10. The van der Waals surface area contributed by atoms with E-state index < -0.39 is 0 Å². The third-order valence-corrected chi connectivity index (χ3v) is 1.63. The molecule has 0 aliphatic heterocycles. The zero-order valence-electron chi connectivity index (χ0n) is 8.10. The fourth-order valence-corrected chi connectivity index (χ4v) is 0.962. The van der Waals surface area contributed by atoms with Gasteiger partial charge in [0.2, 0.25) is 0 Å². The van der Waals surface area contributed by atoms with Crippen molar-refractivity contribution in [1.82, 2.24) is 0 Å². The molecule has 0 aromatic heterocycles. The Balaban J connectivity index is 2.25. The van der Waals surface area contributed by atoms with E-state index in [0.717, 1.165) is 0 Å². The van der Waals surface area contributed by atoms with Crippen LogP contribution >= 0.6 is 0 Å². The lowest BCUT2D eigenvalue weighted by Crippen LogP contribution is -1.84. The molecule has 0 aliphatic rings. The first kappa shape index (κ1) is 10.3. The maximum Gasteiger partial charge on any atom is 0.112 e. The van der Waals surface area contributed by atoms with E-state index in [1.807, 2.05) is 48.6 Å². The smallest absolute Gasteiger partial charge is 0.112 e. The Labute approximate surface area is 85.0 Å². The normalized spacial score (nSPS) is 10.9. The second-order valence-electron chi connectivity index (χ2n) is 2.75. The summed E-state index contributed by atoms with van der Waals surface area (Å²) in [6, 6.07) is 10.1. The average molecular weight is 186 g/mol. The Morgan fingerprint density at radius 1 is 1.07 bits per heavy atom. The van der Waals surface area contributed by atoms with Gasteiger partial charge in [-0.3, -0.25) is 0 Å². The van der Waals surface area contributed by atoms with E-state index in [4.69, 9.17) is 4.74 Å². The van der Waals surface area contributed by atoms with Gasteiger partial charge in [0.1, 0.15) is 6.61 Å². The van der Waals surface area contributed by atoms with Crippen LogP contribution < -0.4 is 0 Å². The summed E-state index contributed by atoms with van der Waals surface area (Å²) in [5.41, 5.74) is 1.17. The van der Waals surface area contributed by atoms with Gasteiger partial charge < -0.3 is 4.74 Å². The first-order valence-corrected chi connectivity index (χ1v) is 4.53. The molecule has 1 rings (SSSR count). The number of rotatable bonds is 5. The first-order chi connectivity index (χ1) is 6.93. The summed E-state index contributed by atoms with van der Waals surface area (Å²) in [6.07, 6.45) is 8.96. The van der Waals surface area contributed by atoms with Crippen LogP contribution in [-0.2, 0) is 11.3 Å². The fraction of sp³-hybridized carbons (Fsp3) is 0.0769. The molecule has 0 amide bonds. The molecule has 1 nitrogen and oxygen atoms in total. The van der Waals surface area contributed by atoms with E-state index in [-0.39, 0.29) is 0 Å². The van der Waals surface area contributed by atoms with Crippen LogP contribution in [0, 0.1) is 0 Å². The van der Waals surface area contributed by atoms with Crippen molar-refractivity contribution < 1.29 is 4.74 Å². The quantitative estimate of drug-likeness (QED) is 0.505. The topological polar surface area (TPSA) is 9.23 Å². The van der Waals surface area contributed by atoms with Crippen LogP contribution in [-0.4, -0.2) is 0 Å². The Hall–Kier alpha value is -1.76. The van der Waals surface area contributed by atoms with Crippen LogP contribution in [0.15, 0.2) is 67.5 Å². The highest BCUT2D eigenvalue weighted by Crippen LogP contribution is 2.00. The van der Waals surface area contributed by atoms with Gasteiger partial charge in [-0.05, 0) is 11.6 Å². The lowest BCUT2D eigenvalue weighted by Gasteiger charge is -1.99. The van der Waals surface area contributed by atoms with Gasteiger partial charge in [-0.2, -0.15) is 0 Å². The number of benzene rings is 1. The van der Waals surface area contributed by atoms with Crippen LogP contribution in [0.5, 0.6) is 0 Å². The van der Waals surface area contributed by atoms with Gasteiger partial charge in [0.05, 0.1) is 6.26 Å². The van der Waals surface area contributed by atoms with Crippen molar-refractivity contribution >= 4 is 0 Å². The molecule has 0 saturated carbocycles. The standard InChI is InChI=1S/C13H14O/c1-2-3-4-8-11-14-12-13-9-6-5-7-10-13/h2-11H,1,12H2/b4-3+,11-8+. The predicted molar refractivity (Wildman–Crippen MR) is 59.7 cm³/mol.